The molecule has 4 rings (SSSR count). The molecule has 1 aliphatic carbocycles. The summed E-state index contributed by atoms with van der Waals surface area (Å²) < 4.78 is 59.6. The van der Waals surface area contributed by atoms with Crippen LogP contribution in [0.1, 0.15) is 43.2 Å². The Kier molecular flexibility index (Phi) is 7.21. The summed E-state index contributed by atoms with van der Waals surface area (Å²) in [5, 5.41) is 3.98. The first-order chi connectivity index (χ1) is 16.2. The van der Waals surface area contributed by atoms with Crippen LogP contribution >= 0.6 is 0 Å². The van der Waals surface area contributed by atoms with Crippen molar-refractivity contribution in [3.63, 3.8) is 0 Å². The van der Waals surface area contributed by atoms with Gasteiger partial charge in [-0.3, -0.25) is 0 Å². The van der Waals surface area contributed by atoms with E-state index in [1.165, 1.54) is 36.4 Å². The quantitative estimate of drug-likeness (QED) is 0.367. The van der Waals surface area contributed by atoms with Gasteiger partial charge in [0.1, 0.15) is 11.6 Å². The minimum absolute atomic E-state index is 0.227. The summed E-state index contributed by atoms with van der Waals surface area (Å²) in [6.07, 6.45) is 0.0808. The van der Waals surface area contributed by atoms with Crippen molar-refractivity contribution in [1.29, 1.82) is 0 Å². The van der Waals surface area contributed by atoms with Crippen LogP contribution in [0.3, 0.4) is 0 Å². The van der Waals surface area contributed by atoms with E-state index < -0.39 is 6.36 Å². The fourth-order valence-electron chi connectivity index (χ4n) is 4.87. The Bertz CT molecular complexity index is 1060. The molecular formula is C25H27F4N3O2. The molecule has 182 valence electrons. The van der Waals surface area contributed by atoms with Crippen molar-refractivity contribution in [3.8, 4) is 17.1 Å². The van der Waals surface area contributed by atoms with Crippen molar-refractivity contribution in [1.82, 2.24) is 15.0 Å². The van der Waals surface area contributed by atoms with Crippen LogP contribution in [-0.4, -0.2) is 35.5 Å². The lowest BCUT2D eigenvalue weighted by Crippen LogP contribution is -2.30. The molecule has 1 unspecified atom stereocenters. The van der Waals surface area contributed by atoms with Gasteiger partial charge >= 0.3 is 6.36 Å². The lowest BCUT2D eigenvalue weighted by Gasteiger charge is -2.37. The molecule has 0 amide bonds. The summed E-state index contributed by atoms with van der Waals surface area (Å²) in [6.45, 7) is 0. The number of hydrogen-bond acceptors (Lipinski definition) is 5. The molecule has 1 saturated carbocycles. The van der Waals surface area contributed by atoms with E-state index in [4.69, 9.17) is 4.52 Å². The van der Waals surface area contributed by atoms with Gasteiger partial charge in [-0.1, -0.05) is 17.3 Å². The highest BCUT2D eigenvalue weighted by atomic mass is 19.4. The molecule has 3 aromatic rings. The van der Waals surface area contributed by atoms with E-state index in [-0.39, 0.29) is 17.6 Å². The number of ether oxygens (including phenoxy) is 1. The molecule has 2 aromatic carbocycles. The van der Waals surface area contributed by atoms with Gasteiger partial charge in [0, 0.05) is 18.0 Å². The summed E-state index contributed by atoms with van der Waals surface area (Å²) >= 11 is 0. The molecule has 34 heavy (non-hydrogen) atoms. The Morgan fingerprint density at radius 1 is 1.00 bits per heavy atom. The highest BCUT2D eigenvalue weighted by Crippen LogP contribution is 2.40. The van der Waals surface area contributed by atoms with Crippen molar-refractivity contribution in [2.24, 2.45) is 11.8 Å². The van der Waals surface area contributed by atoms with Crippen molar-refractivity contribution < 1.29 is 26.8 Å². The number of nitrogens with zero attached hydrogens (tertiary/aromatic N) is 3. The fraction of sp³-hybridized carbons (Fsp3) is 0.440. The van der Waals surface area contributed by atoms with Gasteiger partial charge in [0.2, 0.25) is 11.7 Å². The van der Waals surface area contributed by atoms with Gasteiger partial charge in [-0.05, 0) is 93.6 Å². The predicted octanol–water partition coefficient (Wildman–Crippen LogP) is 6.43. The van der Waals surface area contributed by atoms with Crippen LogP contribution in [0.5, 0.6) is 5.75 Å². The number of hydrogen-bond donors (Lipinski definition) is 0. The topological polar surface area (TPSA) is 51.4 Å². The first-order valence-corrected chi connectivity index (χ1v) is 11.3. The lowest BCUT2D eigenvalue weighted by molar-refractivity contribution is -0.274. The largest absolute Gasteiger partial charge is 0.573 e. The standard InChI is InChI=1S/C25H27F4N3O2/c1-32(2)23(18-7-11-20(26)12-8-18)17-5-3-16(4-6-17)15-22-30-24(31-34-22)19-9-13-21(14-10-19)33-25(27,28)29/h7-14,16-17,23H,3-6,15H2,1-2H3. The highest BCUT2D eigenvalue weighted by molar-refractivity contribution is 5.55. The van der Waals surface area contributed by atoms with Gasteiger partial charge in [-0.15, -0.1) is 13.2 Å². The zero-order valence-corrected chi connectivity index (χ0v) is 19.1. The van der Waals surface area contributed by atoms with E-state index in [1.54, 1.807) is 0 Å². The predicted molar refractivity (Wildman–Crippen MR) is 118 cm³/mol. The summed E-state index contributed by atoms with van der Waals surface area (Å²) in [4.78, 5) is 6.63. The maximum absolute atomic E-state index is 13.4. The van der Waals surface area contributed by atoms with Crippen molar-refractivity contribution in [2.75, 3.05) is 14.1 Å². The van der Waals surface area contributed by atoms with Crippen LogP contribution < -0.4 is 4.74 Å². The molecule has 0 N–H and O–H groups in total. The lowest BCUT2D eigenvalue weighted by atomic mass is 9.75. The summed E-state index contributed by atoms with van der Waals surface area (Å²) in [6, 6.07) is 12.4. The number of aromatic nitrogens is 2. The van der Waals surface area contributed by atoms with Gasteiger partial charge in [0.05, 0.1) is 0 Å². The number of halogens is 4. The Morgan fingerprint density at radius 3 is 2.24 bits per heavy atom. The molecule has 1 atom stereocenters. The third-order valence-corrected chi connectivity index (χ3v) is 6.38. The van der Waals surface area contributed by atoms with Crippen molar-refractivity contribution >= 4 is 0 Å². The summed E-state index contributed by atoms with van der Waals surface area (Å²) in [5.41, 5.74) is 1.68. The van der Waals surface area contributed by atoms with Crippen LogP contribution in [0.4, 0.5) is 17.6 Å². The summed E-state index contributed by atoms with van der Waals surface area (Å²) in [5.74, 6) is 1.24. The first kappa shape index (κ1) is 24.2. The van der Waals surface area contributed by atoms with E-state index >= 15 is 0 Å². The molecule has 1 heterocycles. The smallest absolute Gasteiger partial charge is 0.406 e. The van der Waals surface area contributed by atoms with E-state index in [0.29, 0.717) is 35.5 Å². The molecular weight excluding hydrogens is 450 g/mol. The van der Waals surface area contributed by atoms with Gasteiger partial charge < -0.3 is 14.2 Å². The molecule has 0 spiro atoms. The van der Waals surface area contributed by atoms with Crippen molar-refractivity contribution in [3.05, 3.63) is 65.8 Å². The van der Waals surface area contributed by atoms with Gasteiger partial charge in [0.25, 0.3) is 0 Å². The highest BCUT2D eigenvalue weighted by Gasteiger charge is 2.32. The SMILES string of the molecule is CN(C)C(c1ccc(F)cc1)C1CCC(Cc2nc(-c3ccc(OC(F)(F)F)cc3)no2)CC1. The van der Waals surface area contributed by atoms with Crippen LogP contribution in [-0.2, 0) is 6.42 Å². The van der Waals surface area contributed by atoms with E-state index in [2.05, 4.69) is 33.9 Å². The van der Waals surface area contributed by atoms with Crippen LogP contribution in [0.15, 0.2) is 53.1 Å². The third kappa shape index (κ3) is 6.14. The Balaban J connectivity index is 1.33. The van der Waals surface area contributed by atoms with Crippen LogP contribution in [0.25, 0.3) is 11.4 Å². The minimum Gasteiger partial charge on any atom is -0.406 e. The molecule has 1 fully saturated rings. The van der Waals surface area contributed by atoms with Crippen molar-refractivity contribution in [2.45, 2.75) is 44.5 Å². The number of alkyl halides is 3. The molecule has 5 nitrogen and oxygen atoms in total. The molecule has 0 saturated heterocycles. The Hall–Kier alpha value is -2.94. The van der Waals surface area contributed by atoms with Gasteiger partial charge in [-0.2, -0.15) is 4.98 Å². The maximum Gasteiger partial charge on any atom is 0.573 e. The molecule has 0 radical (unpaired) electrons. The minimum atomic E-state index is -4.73. The molecule has 1 aromatic heterocycles. The molecule has 0 bridgehead atoms. The molecule has 1 aliphatic rings. The number of benzene rings is 2. The van der Waals surface area contributed by atoms with Crippen LogP contribution in [0, 0.1) is 17.7 Å². The normalized spacial score (nSPS) is 19.9. The van der Waals surface area contributed by atoms with E-state index in [1.807, 2.05) is 12.1 Å². The Labute approximate surface area is 195 Å². The Morgan fingerprint density at radius 2 is 1.65 bits per heavy atom. The number of rotatable bonds is 7. The average Bonchev–Trinajstić information content (AvgIpc) is 3.24. The second kappa shape index (κ2) is 10.1. The van der Waals surface area contributed by atoms with Gasteiger partial charge in [0.15, 0.2) is 0 Å². The zero-order valence-electron chi connectivity index (χ0n) is 19.1. The first-order valence-electron chi connectivity index (χ1n) is 11.3. The zero-order chi connectivity index (χ0) is 24.3. The fourth-order valence-corrected chi connectivity index (χ4v) is 4.87. The van der Waals surface area contributed by atoms with Crippen LogP contribution in [0.2, 0.25) is 0 Å². The second-order valence-corrected chi connectivity index (χ2v) is 9.03. The van der Waals surface area contributed by atoms with Gasteiger partial charge in [-0.25, -0.2) is 4.39 Å². The molecule has 0 aliphatic heterocycles. The average molecular weight is 478 g/mol. The second-order valence-electron chi connectivity index (χ2n) is 9.03. The monoisotopic (exact) mass is 477 g/mol. The maximum atomic E-state index is 13.4. The van der Waals surface area contributed by atoms with E-state index in [9.17, 15) is 17.6 Å². The molecule has 9 heteroatoms. The third-order valence-electron chi connectivity index (χ3n) is 6.38. The summed E-state index contributed by atoms with van der Waals surface area (Å²) in [7, 11) is 4.11. The van der Waals surface area contributed by atoms with E-state index in [0.717, 1.165) is 31.2 Å².